The van der Waals surface area contributed by atoms with Crippen molar-refractivity contribution < 1.29 is 4.39 Å². The van der Waals surface area contributed by atoms with Crippen molar-refractivity contribution in [3.63, 3.8) is 0 Å². The van der Waals surface area contributed by atoms with Gasteiger partial charge < -0.3 is 0 Å². The van der Waals surface area contributed by atoms with E-state index < -0.39 is 0 Å². The summed E-state index contributed by atoms with van der Waals surface area (Å²) in [6, 6.07) is 19.5. The van der Waals surface area contributed by atoms with Gasteiger partial charge in [0.15, 0.2) is 4.80 Å². The first-order chi connectivity index (χ1) is 16.5. The first-order valence-corrected chi connectivity index (χ1v) is 12.4. The molecule has 0 saturated heterocycles. The fraction of sp³-hybridized carbons (Fsp3) is 0.111. The molecule has 0 bridgehead atoms. The van der Waals surface area contributed by atoms with Gasteiger partial charge in [0.1, 0.15) is 5.82 Å². The maximum absolute atomic E-state index is 13.7. The molecule has 1 aromatic heterocycles. The Bertz CT molecular complexity index is 1670. The van der Waals surface area contributed by atoms with Crippen LogP contribution < -0.4 is 14.9 Å². The average molecular weight is 507 g/mol. The van der Waals surface area contributed by atoms with Crippen molar-refractivity contribution in [1.29, 1.82) is 0 Å². The lowest BCUT2D eigenvalue weighted by Gasteiger charge is -2.30. The molecule has 1 aliphatic carbocycles. The molecule has 0 unspecified atom stereocenters. The van der Waals surface area contributed by atoms with E-state index in [1.165, 1.54) is 29.0 Å². The third kappa shape index (κ3) is 3.56. The van der Waals surface area contributed by atoms with Crippen molar-refractivity contribution in [3.05, 3.63) is 130 Å². The number of benzene rings is 3. The summed E-state index contributed by atoms with van der Waals surface area (Å²) in [5, 5.41) is 1.01. The molecule has 0 fully saturated rings. The van der Waals surface area contributed by atoms with Gasteiger partial charge in [0.25, 0.3) is 5.56 Å². The topological polar surface area (TPSA) is 34.4 Å². The molecule has 1 atom stereocenters. The Morgan fingerprint density at radius 3 is 2.62 bits per heavy atom. The van der Waals surface area contributed by atoms with E-state index in [-0.39, 0.29) is 17.4 Å². The lowest BCUT2D eigenvalue weighted by atomic mass is 9.83. The Hall–Kier alpha value is -2.99. The van der Waals surface area contributed by atoms with E-state index in [1.54, 1.807) is 41.0 Å². The van der Waals surface area contributed by atoms with Gasteiger partial charge in [-0.25, -0.2) is 9.38 Å². The second-order valence-corrected chi connectivity index (χ2v) is 10.2. The monoisotopic (exact) mass is 506 g/mol. The van der Waals surface area contributed by atoms with Gasteiger partial charge in [-0.1, -0.05) is 77.0 Å². The molecule has 34 heavy (non-hydrogen) atoms. The molecule has 4 aromatic rings. The minimum Gasteiger partial charge on any atom is -0.272 e. The number of rotatable bonds is 2. The van der Waals surface area contributed by atoms with Gasteiger partial charge in [0.2, 0.25) is 0 Å². The van der Waals surface area contributed by atoms with Crippen molar-refractivity contribution in [1.82, 2.24) is 4.57 Å². The van der Waals surface area contributed by atoms with Crippen molar-refractivity contribution in [2.75, 3.05) is 0 Å². The van der Waals surface area contributed by atoms with Crippen LogP contribution in [0.4, 0.5) is 4.39 Å². The summed E-state index contributed by atoms with van der Waals surface area (Å²) in [6.45, 7) is 0. The van der Waals surface area contributed by atoms with Crippen LogP contribution in [0, 0.1) is 5.82 Å². The van der Waals surface area contributed by atoms with Crippen LogP contribution in [0.15, 0.2) is 82.1 Å². The molecule has 0 radical (unpaired) electrons. The third-order valence-corrected chi connectivity index (χ3v) is 7.85. The summed E-state index contributed by atoms with van der Waals surface area (Å²) in [5.41, 5.74) is 5.75. The summed E-state index contributed by atoms with van der Waals surface area (Å²) >= 11 is 13.7. The Morgan fingerprint density at radius 1 is 1.03 bits per heavy atom. The highest BCUT2D eigenvalue weighted by atomic mass is 35.5. The van der Waals surface area contributed by atoms with Gasteiger partial charge in [-0.15, -0.1) is 0 Å². The molecule has 1 aliphatic heterocycles. The average Bonchev–Trinajstić information content (AvgIpc) is 3.15. The summed E-state index contributed by atoms with van der Waals surface area (Å²) in [6.07, 6.45) is 3.43. The molecule has 6 rings (SSSR count). The highest BCUT2D eigenvalue weighted by Gasteiger charge is 2.32. The zero-order chi connectivity index (χ0) is 23.4. The summed E-state index contributed by atoms with van der Waals surface area (Å²) in [7, 11) is 0. The molecule has 3 nitrogen and oxygen atoms in total. The largest absolute Gasteiger partial charge is 0.272 e. The van der Waals surface area contributed by atoms with E-state index in [4.69, 9.17) is 28.2 Å². The molecule has 0 N–H and O–H groups in total. The van der Waals surface area contributed by atoms with Gasteiger partial charge in [0, 0.05) is 15.6 Å². The lowest BCUT2D eigenvalue weighted by Crippen LogP contribution is -2.38. The Morgan fingerprint density at radius 2 is 1.82 bits per heavy atom. The molecule has 3 aromatic carbocycles. The van der Waals surface area contributed by atoms with E-state index in [1.807, 2.05) is 12.1 Å². The van der Waals surface area contributed by atoms with Gasteiger partial charge in [0.05, 0.1) is 16.3 Å². The van der Waals surface area contributed by atoms with Crippen LogP contribution >= 0.6 is 34.5 Å². The number of hydrogen-bond donors (Lipinski definition) is 0. The van der Waals surface area contributed by atoms with Gasteiger partial charge in [-0.3, -0.25) is 9.36 Å². The number of thiazole rings is 1. The van der Waals surface area contributed by atoms with Crippen molar-refractivity contribution in [3.8, 4) is 0 Å². The van der Waals surface area contributed by atoms with Crippen LogP contribution in [0.1, 0.15) is 34.7 Å². The lowest BCUT2D eigenvalue weighted by molar-refractivity contribution is 0.581. The SMILES string of the molecule is O=c1/c(=C\c2ccc(Cl)cc2Cl)sc2n1[C@@H](c1ccc(F)cc1)C1=C(N=2)c2ccccc2CC1. The number of aromatic nitrogens is 1. The molecule has 2 heterocycles. The third-order valence-electron chi connectivity index (χ3n) is 6.31. The first kappa shape index (κ1) is 21.5. The van der Waals surface area contributed by atoms with E-state index in [0.29, 0.717) is 24.9 Å². The molecule has 0 amide bonds. The Balaban J connectivity index is 1.63. The van der Waals surface area contributed by atoms with Crippen LogP contribution in [-0.2, 0) is 6.42 Å². The smallest absolute Gasteiger partial charge is 0.271 e. The number of fused-ring (bicyclic) bond motifs is 3. The van der Waals surface area contributed by atoms with Crippen LogP contribution in [0.2, 0.25) is 10.0 Å². The van der Waals surface area contributed by atoms with Crippen LogP contribution in [0.5, 0.6) is 0 Å². The maximum Gasteiger partial charge on any atom is 0.271 e. The molecule has 7 heteroatoms. The highest BCUT2D eigenvalue weighted by molar-refractivity contribution is 7.07. The predicted octanol–water partition coefficient (Wildman–Crippen LogP) is 5.76. The van der Waals surface area contributed by atoms with Gasteiger partial charge in [-0.2, -0.15) is 0 Å². The molecule has 0 saturated carbocycles. The highest BCUT2D eigenvalue weighted by Crippen LogP contribution is 2.41. The minimum atomic E-state index is -0.344. The number of aryl methyl sites for hydroxylation is 1. The number of hydrogen-bond acceptors (Lipinski definition) is 3. The van der Waals surface area contributed by atoms with Gasteiger partial charge >= 0.3 is 0 Å². The Kier molecular flexibility index (Phi) is 5.29. The summed E-state index contributed by atoms with van der Waals surface area (Å²) in [4.78, 5) is 19.3. The van der Waals surface area contributed by atoms with Crippen LogP contribution in [0.25, 0.3) is 11.8 Å². The molecular formula is C27H17Cl2FN2OS. The fourth-order valence-corrected chi connectivity index (χ4v) is 6.18. The number of halogens is 3. The van der Waals surface area contributed by atoms with Crippen molar-refractivity contribution >= 4 is 46.3 Å². The second-order valence-electron chi connectivity index (χ2n) is 8.33. The fourth-order valence-electron chi connectivity index (χ4n) is 4.73. The normalized spacial score (nSPS) is 17.1. The van der Waals surface area contributed by atoms with E-state index >= 15 is 0 Å². The van der Waals surface area contributed by atoms with Crippen LogP contribution in [0.3, 0.4) is 0 Å². The maximum atomic E-state index is 13.7. The van der Waals surface area contributed by atoms with E-state index in [2.05, 4.69) is 12.1 Å². The molecule has 168 valence electrons. The molecule has 0 spiro atoms. The van der Waals surface area contributed by atoms with E-state index in [9.17, 15) is 9.18 Å². The zero-order valence-corrected chi connectivity index (χ0v) is 20.1. The van der Waals surface area contributed by atoms with Gasteiger partial charge in [-0.05, 0) is 65.4 Å². The van der Waals surface area contributed by atoms with E-state index in [0.717, 1.165) is 35.2 Å². The van der Waals surface area contributed by atoms with Crippen LogP contribution in [-0.4, -0.2) is 4.57 Å². The summed E-state index contributed by atoms with van der Waals surface area (Å²) < 4.78 is 16.0. The zero-order valence-electron chi connectivity index (χ0n) is 17.8. The molecular weight excluding hydrogens is 490 g/mol. The van der Waals surface area contributed by atoms with Crippen molar-refractivity contribution in [2.45, 2.75) is 18.9 Å². The Labute approximate surface area is 208 Å². The second kappa shape index (κ2) is 8.35. The van der Waals surface area contributed by atoms with Crippen molar-refractivity contribution in [2.24, 2.45) is 4.99 Å². The quantitative estimate of drug-likeness (QED) is 0.340. The minimum absolute atomic E-state index is 0.144. The number of nitrogens with zero attached hydrogens (tertiary/aromatic N) is 2. The first-order valence-electron chi connectivity index (χ1n) is 10.8. The summed E-state index contributed by atoms with van der Waals surface area (Å²) in [5.74, 6) is -0.309. The number of allylic oxidation sites excluding steroid dienone is 1. The predicted molar refractivity (Wildman–Crippen MR) is 136 cm³/mol. The standard InChI is InChI=1S/C27H17Cl2FN2OS/c28-18-9-5-17(22(29)14-18)13-23-26(33)32-25(16-6-10-19(30)11-7-16)21-12-8-15-3-1-2-4-20(15)24(21)31-27(32)34-23/h1-7,9-11,13-14,25H,8,12H2/b23-13+/t25-/m0/s1. The molecule has 2 aliphatic rings.